The summed E-state index contributed by atoms with van der Waals surface area (Å²) in [6.07, 6.45) is 1.37. The van der Waals surface area contributed by atoms with E-state index in [1.165, 1.54) is 6.33 Å². The van der Waals surface area contributed by atoms with Crippen LogP contribution in [0.2, 0.25) is 0 Å². The Morgan fingerprint density at radius 1 is 1.00 bits per heavy atom. The predicted octanol–water partition coefficient (Wildman–Crippen LogP) is 3.57. The number of para-hydroxylation sites is 1. The number of ether oxygens (including phenoxy) is 1. The standard InChI is InChI=1S/C16H12N2O3/c19-16(20)15-14(17-10-18-15)11-6-8-13(9-7-11)21-12-4-2-1-3-5-12/h1-10H,(H,17,18)(H,19,20). The first-order valence-electron chi connectivity index (χ1n) is 6.34. The molecule has 0 fully saturated rings. The third-order valence-electron chi connectivity index (χ3n) is 2.96. The number of aromatic nitrogens is 2. The van der Waals surface area contributed by atoms with Crippen LogP contribution in [-0.2, 0) is 0 Å². The fourth-order valence-corrected chi connectivity index (χ4v) is 1.98. The van der Waals surface area contributed by atoms with Crippen molar-refractivity contribution in [2.45, 2.75) is 0 Å². The lowest BCUT2D eigenvalue weighted by Gasteiger charge is -2.06. The van der Waals surface area contributed by atoms with E-state index in [4.69, 9.17) is 9.84 Å². The van der Waals surface area contributed by atoms with Crippen LogP contribution in [0.25, 0.3) is 11.3 Å². The summed E-state index contributed by atoms with van der Waals surface area (Å²) in [6.45, 7) is 0. The molecule has 0 aliphatic heterocycles. The second kappa shape index (κ2) is 5.50. The quantitative estimate of drug-likeness (QED) is 0.766. The highest BCUT2D eigenvalue weighted by Gasteiger charge is 2.14. The molecule has 2 N–H and O–H groups in total. The molecular weight excluding hydrogens is 268 g/mol. The normalized spacial score (nSPS) is 10.3. The van der Waals surface area contributed by atoms with Crippen LogP contribution in [0.1, 0.15) is 10.5 Å². The maximum absolute atomic E-state index is 11.1. The number of nitrogens with one attached hydrogen (secondary N) is 1. The van der Waals surface area contributed by atoms with E-state index in [0.29, 0.717) is 17.0 Å². The molecule has 0 bridgehead atoms. The Morgan fingerprint density at radius 3 is 2.33 bits per heavy atom. The maximum atomic E-state index is 11.1. The molecule has 0 spiro atoms. The third-order valence-corrected chi connectivity index (χ3v) is 2.96. The number of carboxylic acids is 1. The Kier molecular flexibility index (Phi) is 3.39. The number of imidazole rings is 1. The fraction of sp³-hybridized carbons (Fsp3) is 0. The molecule has 0 aliphatic carbocycles. The topological polar surface area (TPSA) is 75.2 Å². The van der Waals surface area contributed by atoms with Gasteiger partial charge in [-0.05, 0) is 36.4 Å². The van der Waals surface area contributed by atoms with Gasteiger partial charge in [-0.2, -0.15) is 0 Å². The Morgan fingerprint density at radius 2 is 1.67 bits per heavy atom. The molecule has 0 radical (unpaired) electrons. The number of H-pyrrole nitrogens is 1. The second-order valence-electron chi connectivity index (χ2n) is 4.37. The first-order valence-corrected chi connectivity index (χ1v) is 6.34. The average Bonchev–Trinajstić information content (AvgIpc) is 2.99. The predicted molar refractivity (Wildman–Crippen MR) is 77.5 cm³/mol. The Labute approximate surface area is 120 Å². The number of hydrogen-bond donors (Lipinski definition) is 2. The second-order valence-corrected chi connectivity index (χ2v) is 4.37. The van der Waals surface area contributed by atoms with Gasteiger partial charge in [0.25, 0.3) is 0 Å². The number of aromatic amines is 1. The van der Waals surface area contributed by atoms with Gasteiger partial charge in [0.15, 0.2) is 5.69 Å². The summed E-state index contributed by atoms with van der Waals surface area (Å²) in [5, 5.41) is 9.07. The molecule has 1 aromatic heterocycles. The van der Waals surface area contributed by atoms with E-state index in [1.807, 2.05) is 30.3 Å². The largest absolute Gasteiger partial charge is 0.477 e. The van der Waals surface area contributed by atoms with Crippen LogP contribution in [0, 0.1) is 0 Å². The minimum absolute atomic E-state index is 0.0757. The van der Waals surface area contributed by atoms with Crippen LogP contribution in [-0.4, -0.2) is 21.0 Å². The summed E-state index contributed by atoms with van der Waals surface area (Å²) in [6, 6.07) is 16.6. The number of aromatic carboxylic acids is 1. The summed E-state index contributed by atoms with van der Waals surface area (Å²) < 4.78 is 5.68. The Bertz CT molecular complexity index is 749. The zero-order chi connectivity index (χ0) is 14.7. The highest BCUT2D eigenvalue weighted by Crippen LogP contribution is 2.26. The van der Waals surface area contributed by atoms with Crippen molar-refractivity contribution in [2.24, 2.45) is 0 Å². The number of carboxylic acid groups (broad SMARTS) is 1. The minimum atomic E-state index is -1.04. The lowest BCUT2D eigenvalue weighted by Crippen LogP contribution is -1.99. The van der Waals surface area contributed by atoms with Crippen molar-refractivity contribution >= 4 is 5.97 Å². The number of hydrogen-bond acceptors (Lipinski definition) is 3. The van der Waals surface area contributed by atoms with Gasteiger partial charge in [0.1, 0.15) is 17.2 Å². The van der Waals surface area contributed by atoms with Gasteiger partial charge in [-0.1, -0.05) is 18.2 Å². The lowest BCUT2D eigenvalue weighted by molar-refractivity contribution is 0.0692. The van der Waals surface area contributed by atoms with E-state index >= 15 is 0 Å². The minimum Gasteiger partial charge on any atom is -0.477 e. The number of nitrogens with zero attached hydrogens (tertiary/aromatic N) is 1. The van der Waals surface area contributed by atoms with Crippen molar-refractivity contribution in [1.29, 1.82) is 0 Å². The summed E-state index contributed by atoms with van der Waals surface area (Å²) in [4.78, 5) is 17.7. The fourth-order valence-electron chi connectivity index (χ4n) is 1.98. The van der Waals surface area contributed by atoms with Gasteiger partial charge in [0.05, 0.1) is 6.33 Å². The molecule has 0 unspecified atom stereocenters. The van der Waals surface area contributed by atoms with Crippen molar-refractivity contribution in [2.75, 3.05) is 0 Å². The molecule has 3 aromatic rings. The SMILES string of the molecule is O=C(O)c1[nH]cnc1-c1ccc(Oc2ccccc2)cc1. The molecular formula is C16H12N2O3. The zero-order valence-corrected chi connectivity index (χ0v) is 11.0. The molecule has 104 valence electrons. The molecule has 5 heteroatoms. The Balaban J connectivity index is 1.84. The van der Waals surface area contributed by atoms with E-state index in [9.17, 15) is 4.79 Å². The number of rotatable bonds is 4. The summed E-state index contributed by atoms with van der Waals surface area (Å²) in [7, 11) is 0. The highest BCUT2D eigenvalue weighted by molar-refractivity contribution is 5.92. The van der Waals surface area contributed by atoms with Gasteiger partial charge in [0.2, 0.25) is 0 Å². The highest BCUT2D eigenvalue weighted by atomic mass is 16.5. The molecule has 0 saturated heterocycles. The average molecular weight is 280 g/mol. The van der Waals surface area contributed by atoms with Crippen LogP contribution in [0.3, 0.4) is 0 Å². The van der Waals surface area contributed by atoms with Gasteiger partial charge in [-0.25, -0.2) is 9.78 Å². The first kappa shape index (κ1) is 12.9. The van der Waals surface area contributed by atoms with Crippen molar-refractivity contribution in [3.63, 3.8) is 0 Å². The van der Waals surface area contributed by atoms with E-state index in [1.54, 1.807) is 24.3 Å². The molecule has 3 rings (SSSR count). The zero-order valence-electron chi connectivity index (χ0n) is 11.0. The smallest absolute Gasteiger partial charge is 0.354 e. The third kappa shape index (κ3) is 2.76. The lowest BCUT2D eigenvalue weighted by atomic mass is 10.1. The van der Waals surface area contributed by atoms with Gasteiger partial charge in [-0.15, -0.1) is 0 Å². The van der Waals surface area contributed by atoms with Crippen LogP contribution in [0.4, 0.5) is 0 Å². The van der Waals surface area contributed by atoms with Crippen molar-refractivity contribution < 1.29 is 14.6 Å². The molecule has 1 heterocycles. The summed E-state index contributed by atoms with van der Waals surface area (Å²) >= 11 is 0. The van der Waals surface area contributed by atoms with E-state index in [-0.39, 0.29) is 5.69 Å². The summed E-state index contributed by atoms with van der Waals surface area (Å²) in [5.41, 5.74) is 1.20. The molecule has 0 aliphatic rings. The van der Waals surface area contributed by atoms with Gasteiger partial charge < -0.3 is 14.8 Å². The van der Waals surface area contributed by atoms with E-state index < -0.39 is 5.97 Å². The van der Waals surface area contributed by atoms with Gasteiger partial charge >= 0.3 is 5.97 Å². The first-order chi connectivity index (χ1) is 10.2. The van der Waals surface area contributed by atoms with Gasteiger partial charge in [0, 0.05) is 5.56 Å². The van der Waals surface area contributed by atoms with Crippen molar-refractivity contribution in [3.05, 3.63) is 66.6 Å². The van der Waals surface area contributed by atoms with Crippen molar-refractivity contribution in [1.82, 2.24) is 9.97 Å². The monoisotopic (exact) mass is 280 g/mol. The number of carbonyl (C=O) groups is 1. The Hall–Kier alpha value is -3.08. The molecule has 0 saturated carbocycles. The van der Waals surface area contributed by atoms with Gasteiger partial charge in [-0.3, -0.25) is 0 Å². The van der Waals surface area contributed by atoms with E-state index in [0.717, 1.165) is 5.75 Å². The molecule has 21 heavy (non-hydrogen) atoms. The molecule has 0 amide bonds. The van der Waals surface area contributed by atoms with Crippen molar-refractivity contribution in [3.8, 4) is 22.8 Å². The molecule has 0 atom stereocenters. The van der Waals surface area contributed by atoms with Crippen LogP contribution >= 0.6 is 0 Å². The maximum Gasteiger partial charge on any atom is 0.354 e. The summed E-state index contributed by atoms with van der Waals surface area (Å²) in [5.74, 6) is 0.390. The van der Waals surface area contributed by atoms with Crippen LogP contribution in [0.5, 0.6) is 11.5 Å². The van der Waals surface area contributed by atoms with E-state index in [2.05, 4.69) is 9.97 Å². The molecule has 2 aromatic carbocycles. The molecule has 5 nitrogen and oxygen atoms in total. The van der Waals surface area contributed by atoms with Crippen LogP contribution in [0.15, 0.2) is 60.9 Å². The number of benzene rings is 2. The van der Waals surface area contributed by atoms with Crippen LogP contribution < -0.4 is 4.74 Å².